The highest BCUT2D eigenvalue weighted by Gasteiger charge is 2.33. The summed E-state index contributed by atoms with van der Waals surface area (Å²) >= 11 is 0. The highest BCUT2D eigenvalue weighted by Crippen LogP contribution is 2.17. The van der Waals surface area contributed by atoms with Gasteiger partial charge >= 0.3 is 0 Å². The van der Waals surface area contributed by atoms with Gasteiger partial charge in [-0.15, -0.1) is 0 Å². The van der Waals surface area contributed by atoms with Crippen molar-refractivity contribution in [2.24, 2.45) is 0 Å². The molecule has 0 aliphatic carbocycles. The van der Waals surface area contributed by atoms with Gasteiger partial charge < -0.3 is 10.6 Å². The van der Waals surface area contributed by atoms with Crippen molar-refractivity contribution < 1.29 is 9.59 Å². The van der Waals surface area contributed by atoms with Gasteiger partial charge in [0.1, 0.15) is 12.1 Å². The standard InChI is InChI=1S/C13H16N2O2/c1-2-6-10-12(16)15-11(13(17)14-10)9-7-4-3-5-8-9/h3-5,7-8,10-11H,2,6H2,1H3,(H,14,17)(H,15,16)/t10-,11+/m0/s1. The fourth-order valence-corrected chi connectivity index (χ4v) is 2.00. The molecule has 1 heterocycles. The van der Waals surface area contributed by atoms with E-state index in [4.69, 9.17) is 0 Å². The number of amides is 2. The average Bonchev–Trinajstić information content (AvgIpc) is 2.35. The molecule has 2 N–H and O–H groups in total. The molecule has 2 rings (SSSR count). The third-order valence-corrected chi connectivity index (χ3v) is 2.89. The van der Waals surface area contributed by atoms with Crippen molar-refractivity contribution in [2.45, 2.75) is 31.8 Å². The van der Waals surface area contributed by atoms with Crippen LogP contribution in [0.25, 0.3) is 0 Å². The van der Waals surface area contributed by atoms with E-state index in [-0.39, 0.29) is 17.9 Å². The van der Waals surface area contributed by atoms with Crippen LogP contribution in [0.2, 0.25) is 0 Å². The molecule has 0 unspecified atom stereocenters. The Labute approximate surface area is 100 Å². The van der Waals surface area contributed by atoms with Crippen LogP contribution in [0.1, 0.15) is 31.4 Å². The Bertz CT molecular complexity index is 417. The first-order valence-corrected chi connectivity index (χ1v) is 5.88. The molecule has 17 heavy (non-hydrogen) atoms. The van der Waals surface area contributed by atoms with E-state index in [2.05, 4.69) is 10.6 Å². The van der Waals surface area contributed by atoms with E-state index in [0.717, 1.165) is 12.0 Å². The zero-order chi connectivity index (χ0) is 12.3. The molecule has 4 heteroatoms. The van der Waals surface area contributed by atoms with Crippen molar-refractivity contribution in [1.82, 2.24) is 10.6 Å². The molecule has 0 aromatic heterocycles. The molecule has 0 radical (unpaired) electrons. The molecule has 1 aliphatic rings. The molecule has 1 aromatic carbocycles. The van der Waals surface area contributed by atoms with Gasteiger partial charge in [-0.1, -0.05) is 43.7 Å². The molecule has 2 atom stereocenters. The number of nitrogens with one attached hydrogen (secondary N) is 2. The first-order valence-electron chi connectivity index (χ1n) is 5.88. The van der Waals surface area contributed by atoms with Gasteiger partial charge in [0.2, 0.25) is 11.8 Å². The van der Waals surface area contributed by atoms with Gasteiger partial charge in [-0.05, 0) is 12.0 Å². The largest absolute Gasteiger partial charge is 0.342 e. The molecule has 0 saturated carbocycles. The number of hydrogen-bond donors (Lipinski definition) is 2. The third-order valence-electron chi connectivity index (χ3n) is 2.89. The van der Waals surface area contributed by atoms with Crippen molar-refractivity contribution in [3.8, 4) is 0 Å². The Morgan fingerprint density at radius 1 is 1.06 bits per heavy atom. The number of carbonyl (C=O) groups excluding carboxylic acids is 2. The highest BCUT2D eigenvalue weighted by molar-refractivity contribution is 5.97. The van der Waals surface area contributed by atoms with Crippen molar-refractivity contribution in [2.75, 3.05) is 0 Å². The van der Waals surface area contributed by atoms with Crippen molar-refractivity contribution in [3.63, 3.8) is 0 Å². The Morgan fingerprint density at radius 3 is 2.41 bits per heavy atom. The summed E-state index contributed by atoms with van der Waals surface area (Å²) in [7, 11) is 0. The summed E-state index contributed by atoms with van der Waals surface area (Å²) in [5, 5.41) is 5.53. The summed E-state index contributed by atoms with van der Waals surface area (Å²) in [4.78, 5) is 23.7. The van der Waals surface area contributed by atoms with Crippen molar-refractivity contribution in [3.05, 3.63) is 35.9 Å². The lowest BCUT2D eigenvalue weighted by atomic mass is 10.0. The lowest BCUT2D eigenvalue weighted by molar-refractivity contribution is -0.137. The molecule has 4 nitrogen and oxygen atoms in total. The lowest BCUT2D eigenvalue weighted by Gasteiger charge is -2.29. The van der Waals surface area contributed by atoms with Crippen LogP contribution in [0.5, 0.6) is 0 Å². The van der Waals surface area contributed by atoms with Gasteiger partial charge in [0.25, 0.3) is 0 Å². The second kappa shape index (κ2) is 4.99. The fraction of sp³-hybridized carbons (Fsp3) is 0.385. The topological polar surface area (TPSA) is 58.2 Å². The molecule has 2 amide bonds. The van der Waals surface area contributed by atoms with Crippen LogP contribution in [0.4, 0.5) is 0 Å². The van der Waals surface area contributed by atoms with Gasteiger partial charge in [-0.3, -0.25) is 9.59 Å². The van der Waals surface area contributed by atoms with Crippen LogP contribution >= 0.6 is 0 Å². The average molecular weight is 232 g/mol. The highest BCUT2D eigenvalue weighted by atomic mass is 16.2. The molecular weight excluding hydrogens is 216 g/mol. The second-order valence-electron chi connectivity index (χ2n) is 4.20. The smallest absolute Gasteiger partial charge is 0.247 e. The third kappa shape index (κ3) is 2.46. The Balaban J connectivity index is 2.13. The number of piperazine rings is 1. The van der Waals surface area contributed by atoms with Gasteiger partial charge in [-0.2, -0.15) is 0 Å². The van der Waals surface area contributed by atoms with Crippen LogP contribution in [0, 0.1) is 0 Å². The maximum atomic E-state index is 11.9. The normalized spacial score (nSPS) is 24.1. The van der Waals surface area contributed by atoms with Crippen LogP contribution in [-0.4, -0.2) is 17.9 Å². The van der Waals surface area contributed by atoms with E-state index in [1.165, 1.54) is 0 Å². The number of benzene rings is 1. The van der Waals surface area contributed by atoms with Crippen LogP contribution in [0.15, 0.2) is 30.3 Å². The molecule has 1 aromatic rings. The summed E-state index contributed by atoms with van der Waals surface area (Å²) in [6, 6.07) is 8.32. The predicted molar refractivity (Wildman–Crippen MR) is 64.2 cm³/mol. The summed E-state index contributed by atoms with van der Waals surface area (Å²) < 4.78 is 0. The van der Waals surface area contributed by atoms with E-state index >= 15 is 0 Å². The maximum absolute atomic E-state index is 11.9. The minimum atomic E-state index is -0.559. The van der Waals surface area contributed by atoms with Crippen molar-refractivity contribution in [1.29, 1.82) is 0 Å². The van der Waals surface area contributed by atoms with Crippen molar-refractivity contribution >= 4 is 11.8 Å². The van der Waals surface area contributed by atoms with E-state index in [1.54, 1.807) is 0 Å². The zero-order valence-corrected chi connectivity index (χ0v) is 9.77. The second-order valence-corrected chi connectivity index (χ2v) is 4.20. The Hall–Kier alpha value is -1.84. The predicted octanol–water partition coefficient (Wildman–Crippen LogP) is 1.14. The van der Waals surface area contributed by atoms with E-state index < -0.39 is 6.04 Å². The van der Waals surface area contributed by atoms with Crippen LogP contribution in [-0.2, 0) is 9.59 Å². The number of carbonyl (C=O) groups is 2. The molecule has 1 aliphatic heterocycles. The maximum Gasteiger partial charge on any atom is 0.247 e. The Morgan fingerprint density at radius 2 is 1.76 bits per heavy atom. The minimum Gasteiger partial charge on any atom is -0.342 e. The van der Waals surface area contributed by atoms with Crippen LogP contribution in [0.3, 0.4) is 0 Å². The zero-order valence-electron chi connectivity index (χ0n) is 9.77. The molecule has 0 bridgehead atoms. The summed E-state index contributed by atoms with van der Waals surface area (Å²) in [6.07, 6.45) is 1.55. The van der Waals surface area contributed by atoms with E-state index in [0.29, 0.717) is 6.42 Å². The first-order chi connectivity index (χ1) is 8.22. The minimum absolute atomic E-state index is 0.0969. The molecule has 1 fully saturated rings. The van der Waals surface area contributed by atoms with E-state index in [1.807, 2.05) is 37.3 Å². The molecule has 90 valence electrons. The number of rotatable bonds is 3. The lowest BCUT2D eigenvalue weighted by Crippen LogP contribution is -2.57. The summed E-state index contributed by atoms with van der Waals surface area (Å²) in [6.45, 7) is 1.99. The number of hydrogen-bond acceptors (Lipinski definition) is 2. The molecular formula is C13H16N2O2. The molecule has 0 spiro atoms. The van der Waals surface area contributed by atoms with Gasteiger partial charge in [-0.25, -0.2) is 0 Å². The van der Waals surface area contributed by atoms with Gasteiger partial charge in [0.15, 0.2) is 0 Å². The van der Waals surface area contributed by atoms with Crippen LogP contribution < -0.4 is 10.6 Å². The van der Waals surface area contributed by atoms with E-state index in [9.17, 15) is 9.59 Å². The monoisotopic (exact) mass is 232 g/mol. The van der Waals surface area contributed by atoms with Gasteiger partial charge in [0, 0.05) is 0 Å². The van der Waals surface area contributed by atoms with Gasteiger partial charge in [0.05, 0.1) is 0 Å². The quantitative estimate of drug-likeness (QED) is 0.821. The molecule has 1 saturated heterocycles. The first kappa shape index (κ1) is 11.6. The summed E-state index contributed by atoms with van der Waals surface area (Å²) in [5.41, 5.74) is 0.813. The SMILES string of the molecule is CCC[C@@H]1NC(=O)[C@@H](c2ccccc2)NC1=O. The summed E-state index contributed by atoms with van der Waals surface area (Å²) in [5.74, 6) is -0.227. The fourth-order valence-electron chi connectivity index (χ4n) is 2.00. The Kier molecular flexibility index (Phi) is 3.42.